The maximum absolute atomic E-state index is 6.56. The first-order valence-corrected chi connectivity index (χ1v) is 8.24. The molecule has 20 heavy (non-hydrogen) atoms. The van der Waals surface area contributed by atoms with E-state index in [0.29, 0.717) is 11.5 Å². The van der Waals surface area contributed by atoms with Crippen molar-refractivity contribution in [3.8, 4) is 5.75 Å². The van der Waals surface area contributed by atoms with Crippen molar-refractivity contribution in [1.29, 1.82) is 0 Å². The third-order valence-corrected chi connectivity index (χ3v) is 5.59. The maximum Gasteiger partial charge on any atom is 0.122 e. The Morgan fingerprint density at radius 3 is 2.85 bits per heavy atom. The summed E-state index contributed by atoms with van der Waals surface area (Å²) in [4.78, 5) is 0. The predicted octanol–water partition coefficient (Wildman–Crippen LogP) is 3.85. The van der Waals surface area contributed by atoms with Crippen LogP contribution in [0.1, 0.15) is 56.6 Å². The highest BCUT2D eigenvalue weighted by Gasteiger charge is 2.37. The van der Waals surface area contributed by atoms with E-state index in [4.69, 9.17) is 10.5 Å². The third kappa shape index (κ3) is 2.58. The van der Waals surface area contributed by atoms with E-state index in [9.17, 15) is 0 Å². The van der Waals surface area contributed by atoms with Crippen LogP contribution in [0.2, 0.25) is 0 Å². The molecule has 2 N–H and O–H groups in total. The first-order chi connectivity index (χ1) is 9.73. The standard InChI is InChI=1S/C18H27NO/c1-2-18(10-3-4-11-18)17(19)8-6-14-5-7-16-15(13-14)9-12-20-16/h5,7,13,17H,2-4,6,8-12,19H2,1H3. The summed E-state index contributed by atoms with van der Waals surface area (Å²) in [6, 6.07) is 7.03. The largest absolute Gasteiger partial charge is 0.493 e. The van der Waals surface area contributed by atoms with Crippen LogP contribution in [-0.4, -0.2) is 12.6 Å². The number of hydrogen-bond donors (Lipinski definition) is 1. The molecule has 0 aromatic heterocycles. The van der Waals surface area contributed by atoms with Crippen molar-refractivity contribution in [3.05, 3.63) is 29.3 Å². The van der Waals surface area contributed by atoms with Gasteiger partial charge in [-0.05, 0) is 54.7 Å². The normalized spacial score (nSPS) is 21.5. The number of aryl methyl sites for hydroxylation is 1. The van der Waals surface area contributed by atoms with Crippen LogP contribution in [0.25, 0.3) is 0 Å². The highest BCUT2D eigenvalue weighted by molar-refractivity contribution is 5.39. The molecule has 0 saturated heterocycles. The zero-order valence-electron chi connectivity index (χ0n) is 12.7. The fourth-order valence-electron chi connectivity index (χ4n) is 4.09. The Kier molecular flexibility index (Phi) is 4.02. The van der Waals surface area contributed by atoms with Gasteiger partial charge in [-0.15, -0.1) is 0 Å². The van der Waals surface area contributed by atoms with Gasteiger partial charge in [0, 0.05) is 12.5 Å². The second-order valence-electron chi connectivity index (χ2n) is 6.61. The molecule has 1 fully saturated rings. The van der Waals surface area contributed by atoms with Crippen LogP contribution in [0.4, 0.5) is 0 Å². The molecule has 3 rings (SSSR count). The third-order valence-electron chi connectivity index (χ3n) is 5.59. The zero-order chi connectivity index (χ0) is 14.0. The monoisotopic (exact) mass is 273 g/mol. The van der Waals surface area contributed by atoms with E-state index in [2.05, 4.69) is 25.1 Å². The minimum absolute atomic E-state index is 0.361. The van der Waals surface area contributed by atoms with Crippen molar-refractivity contribution in [1.82, 2.24) is 0 Å². The summed E-state index contributed by atoms with van der Waals surface area (Å²) in [6.45, 7) is 3.16. The first kappa shape index (κ1) is 13.9. The topological polar surface area (TPSA) is 35.2 Å². The summed E-state index contributed by atoms with van der Waals surface area (Å²) in [5.41, 5.74) is 9.79. The molecule has 1 saturated carbocycles. The van der Waals surface area contributed by atoms with Gasteiger partial charge in [-0.1, -0.05) is 31.9 Å². The highest BCUT2D eigenvalue weighted by Crippen LogP contribution is 2.44. The molecular formula is C18H27NO. The molecule has 1 aliphatic carbocycles. The second kappa shape index (κ2) is 5.77. The van der Waals surface area contributed by atoms with E-state index >= 15 is 0 Å². The molecule has 2 nitrogen and oxygen atoms in total. The van der Waals surface area contributed by atoms with Crippen LogP contribution in [0, 0.1) is 5.41 Å². The fraction of sp³-hybridized carbons (Fsp3) is 0.667. The van der Waals surface area contributed by atoms with Crippen molar-refractivity contribution in [2.75, 3.05) is 6.61 Å². The van der Waals surface area contributed by atoms with Gasteiger partial charge in [0.05, 0.1) is 6.61 Å². The molecule has 0 amide bonds. The molecule has 2 aliphatic rings. The van der Waals surface area contributed by atoms with Gasteiger partial charge in [-0.2, -0.15) is 0 Å². The lowest BCUT2D eigenvalue weighted by Crippen LogP contribution is -2.39. The number of benzene rings is 1. The maximum atomic E-state index is 6.56. The SMILES string of the molecule is CCC1(C(N)CCc2ccc3c(c2)CCO3)CCCC1. The lowest BCUT2D eigenvalue weighted by atomic mass is 9.74. The fourth-order valence-corrected chi connectivity index (χ4v) is 4.09. The van der Waals surface area contributed by atoms with Gasteiger partial charge in [-0.25, -0.2) is 0 Å². The molecule has 0 bridgehead atoms. The lowest BCUT2D eigenvalue weighted by Gasteiger charge is -2.34. The van der Waals surface area contributed by atoms with Crippen molar-refractivity contribution in [2.24, 2.45) is 11.1 Å². The summed E-state index contributed by atoms with van der Waals surface area (Å²) in [6.07, 6.45) is 9.95. The van der Waals surface area contributed by atoms with E-state index in [1.165, 1.54) is 43.2 Å². The van der Waals surface area contributed by atoms with Gasteiger partial charge in [0.1, 0.15) is 5.75 Å². The number of ether oxygens (including phenoxy) is 1. The summed E-state index contributed by atoms with van der Waals surface area (Å²) >= 11 is 0. The van der Waals surface area contributed by atoms with E-state index < -0.39 is 0 Å². The number of rotatable bonds is 5. The number of fused-ring (bicyclic) bond motifs is 1. The van der Waals surface area contributed by atoms with Crippen LogP contribution < -0.4 is 10.5 Å². The van der Waals surface area contributed by atoms with Crippen molar-refractivity contribution >= 4 is 0 Å². The summed E-state index contributed by atoms with van der Waals surface area (Å²) in [5, 5.41) is 0. The van der Waals surface area contributed by atoms with Crippen LogP contribution in [0.3, 0.4) is 0 Å². The molecular weight excluding hydrogens is 246 g/mol. The minimum Gasteiger partial charge on any atom is -0.493 e. The van der Waals surface area contributed by atoms with Crippen LogP contribution in [0.15, 0.2) is 18.2 Å². The molecule has 1 atom stereocenters. The Labute approximate surface area is 122 Å². The smallest absolute Gasteiger partial charge is 0.122 e. The quantitative estimate of drug-likeness (QED) is 0.884. The Balaban J connectivity index is 1.61. The zero-order valence-corrected chi connectivity index (χ0v) is 12.7. The summed E-state index contributed by atoms with van der Waals surface area (Å²) < 4.78 is 5.57. The van der Waals surface area contributed by atoms with Gasteiger partial charge >= 0.3 is 0 Å². The molecule has 0 spiro atoms. The first-order valence-electron chi connectivity index (χ1n) is 8.24. The van der Waals surface area contributed by atoms with Gasteiger partial charge in [-0.3, -0.25) is 0 Å². The average Bonchev–Trinajstić information content (AvgIpc) is 3.13. The van der Waals surface area contributed by atoms with Crippen LogP contribution in [-0.2, 0) is 12.8 Å². The molecule has 110 valence electrons. The van der Waals surface area contributed by atoms with Gasteiger partial charge < -0.3 is 10.5 Å². The van der Waals surface area contributed by atoms with Crippen LogP contribution >= 0.6 is 0 Å². The Bertz CT molecular complexity index is 462. The van der Waals surface area contributed by atoms with Gasteiger partial charge in [0.2, 0.25) is 0 Å². The summed E-state index contributed by atoms with van der Waals surface area (Å²) in [5.74, 6) is 1.08. The second-order valence-corrected chi connectivity index (χ2v) is 6.61. The Hall–Kier alpha value is -1.02. The molecule has 1 aliphatic heterocycles. The van der Waals surface area contributed by atoms with Crippen molar-refractivity contribution < 1.29 is 4.74 Å². The Morgan fingerprint density at radius 1 is 1.30 bits per heavy atom. The number of nitrogens with two attached hydrogens (primary N) is 1. The molecule has 1 aromatic rings. The Morgan fingerprint density at radius 2 is 2.10 bits per heavy atom. The highest BCUT2D eigenvalue weighted by atomic mass is 16.5. The molecule has 0 radical (unpaired) electrons. The summed E-state index contributed by atoms with van der Waals surface area (Å²) in [7, 11) is 0. The van der Waals surface area contributed by atoms with Crippen molar-refractivity contribution in [3.63, 3.8) is 0 Å². The van der Waals surface area contributed by atoms with Crippen molar-refractivity contribution in [2.45, 2.75) is 64.3 Å². The van der Waals surface area contributed by atoms with E-state index in [1.54, 1.807) is 0 Å². The minimum atomic E-state index is 0.361. The van der Waals surface area contributed by atoms with E-state index in [1.807, 2.05) is 0 Å². The van der Waals surface area contributed by atoms with Crippen LogP contribution in [0.5, 0.6) is 5.75 Å². The van der Waals surface area contributed by atoms with Gasteiger partial charge in [0.25, 0.3) is 0 Å². The average molecular weight is 273 g/mol. The lowest BCUT2D eigenvalue weighted by molar-refractivity contribution is 0.211. The molecule has 2 heteroatoms. The van der Waals surface area contributed by atoms with E-state index in [-0.39, 0.29) is 0 Å². The molecule has 1 unspecified atom stereocenters. The van der Waals surface area contributed by atoms with Gasteiger partial charge in [0.15, 0.2) is 0 Å². The predicted molar refractivity (Wildman–Crippen MR) is 83.1 cm³/mol. The number of hydrogen-bond acceptors (Lipinski definition) is 2. The molecule has 1 aromatic carbocycles. The molecule has 1 heterocycles. The van der Waals surface area contributed by atoms with E-state index in [0.717, 1.165) is 31.6 Å².